The lowest BCUT2D eigenvalue weighted by molar-refractivity contribution is -0.163. The minimum absolute atomic E-state index is 0.0661. The van der Waals surface area contributed by atoms with Crippen molar-refractivity contribution in [1.29, 1.82) is 0 Å². The molecular formula is C69H118O5. The lowest BCUT2D eigenvalue weighted by atomic mass is 10.1. The van der Waals surface area contributed by atoms with Gasteiger partial charge in [0.15, 0.2) is 6.10 Å². The molecule has 74 heavy (non-hydrogen) atoms. The van der Waals surface area contributed by atoms with Gasteiger partial charge in [-0.25, -0.2) is 0 Å². The van der Waals surface area contributed by atoms with Gasteiger partial charge in [0.2, 0.25) is 0 Å². The van der Waals surface area contributed by atoms with Crippen molar-refractivity contribution in [2.45, 2.75) is 297 Å². The molecule has 0 radical (unpaired) electrons. The Bertz CT molecular complexity index is 1440. The summed E-state index contributed by atoms with van der Waals surface area (Å²) in [5.74, 6) is -0.418. The normalized spacial score (nSPS) is 13.0. The second-order valence-electron chi connectivity index (χ2n) is 20.6. The van der Waals surface area contributed by atoms with Crippen LogP contribution in [0.1, 0.15) is 290 Å². The standard InChI is InChI=1S/C69H118O5/c1-4-7-10-13-16-19-22-25-28-31-34-37-40-43-46-49-52-55-58-61-64-72-65-67(74-69(71)63-60-57-54-51-48-45-42-39-36-33-30-27-24-21-18-15-12-9-6-3)66-73-68(70)62-59-56-53-50-47-44-41-38-35-32-29-26-23-20-17-14-11-8-5-2/h7,10,16-21,25-30,34,37,43,46,67H,4-6,8-9,11-15,22-24,31-33,35-36,38-42,44-45,47-66H2,1-3H3/b10-7-,19-16-,20-17-,21-18-,28-25-,29-26-,30-27-,37-34-,46-43-. The van der Waals surface area contributed by atoms with Gasteiger partial charge in [-0.05, 0) is 128 Å². The van der Waals surface area contributed by atoms with Gasteiger partial charge in [0.05, 0.1) is 6.61 Å². The highest BCUT2D eigenvalue weighted by atomic mass is 16.6. The van der Waals surface area contributed by atoms with Gasteiger partial charge in [-0.1, -0.05) is 259 Å². The van der Waals surface area contributed by atoms with Crippen molar-refractivity contribution in [1.82, 2.24) is 0 Å². The molecule has 0 aromatic carbocycles. The minimum atomic E-state index is -0.562. The van der Waals surface area contributed by atoms with Crippen molar-refractivity contribution in [3.05, 3.63) is 109 Å². The quantitative estimate of drug-likeness (QED) is 0.0345. The van der Waals surface area contributed by atoms with Crippen molar-refractivity contribution in [2.24, 2.45) is 0 Å². The van der Waals surface area contributed by atoms with Crippen LogP contribution in [0.25, 0.3) is 0 Å². The van der Waals surface area contributed by atoms with Crippen molar-refractivity contribution in [3.8, 4) is 0 Å². The fraction of sp³-hybridized carbons (Fsp3) is 0.710. The van der Waals surface area contributed by atoms with E-state index in [-0.39, 0.29) is 25.2 Å². The van der Waals surface area contributed by atoms with Crippen molar-refractivity contribution >= 4 is 11.9 Å². The Morgan fingerprint density at radius 3 is 0.973 bits per heavy atom. The second kappa shape index (κ2) is 63.8. The third-order valence-corrected chi connectivity index (χ3v) is 13.3. The number of rotatable bonds is 57. The molecule has 0 fully saturated rings. The van der Waals surface area contributed by atoms with Gasteiger partial charge in [0.25, 0.3) is 0 Å². The fourth-order valence-electron chi connectivity index (χ4n) is 8.60. The van der Waals surface area contributed by atoms with Gasteiger partial charge in [-0.3, -0.25) is 9.59 Å². The van der Waals surface area contributed by atoms with Crippen LogP contribution in [-0.2, 0) is 23.8 Å². The molecule has 0 saturated heterocycles. The van der Waals surface area contributed by atoms with Crippen LogP contribution >= 0.6 is 0 Å². The molecule has 0 aromatic heterocycles. The number of unbranched alkanes of at least 4 members (excludes halogenated alkanes) is 28. The molecule has 0 rings (SSSR count). The van der Waals surface area contributed by atoms with E-state index in [4.69, 9.17) is 14.2 Å². The number of carbonyl (C=O) groups excluding carboxylic acids is 2. The molecule has 0 aromatic rings. The van der Waals surface area contributed by atoms with Crippen molar-refractivity contribution in [3.63, 3.8) is 0 Å². The molecule has 0 aliphatic carbocycles. The first-order valence-corrected chi connectivity index (χ1v) is 31.4. The smallest absolute Gasteiger partial charge is 0.306 e. The molecule has 1 unspecified atom stereocenters. The van der Waals surface area contributed by atoms with E-state index in [1.54, 1.807) is 0 Å². The first-order valence-electron chi connectivity index (χ1n) is 31.4. The summed E-state index contributed by atoms with van der Waals surface area (Å²) in [4.78, 5) is 25.6. The number of ether oxygens (including phenoxy) is 3. The minimum Gasteiger partial charge on any atom is -0.462 e. The summed E-state index contributed by atoms with van der Waals surface area (Å²) in [6, 6.07) is 0. The fourth-order valence-corrected chi connectivity index (χ4v) is 8.60. The third kappa shape index (κ3) is 61.1. The molecule has 5 heteroatoms. The van der Waals surface area contributed by atoms with Gasteiger partial charge in [-0.2, -0.15) is 0 Å². The van der Waals surface area contributed by atoms with Crippen molar-refractivity contribution < 1.29 is 23.8 Å². The molecule has 0 N–H and O–H groups in total. The Morgan fingerprint density at radius 1 is 0.311 bits per heavy atom. The molecule has 1 atom stereocenters. The zero-order valence-corrected chi connectivity index (χ0v) is 48.8. The Morgan fingerprint density at radius 2 is 0.608 bits per heavy atom. The molecule has 0 aliphatic heterocycles. The van der Waals surface area contributed by atoms with E-state index < -0.39 is 6.10 Å². The van der Waals surface area contributed by atoms with Crippen LogP contribution in [0.3, 0.4) is 0 Å². The van der Waals surface area contributed by atoms with Gasteiger partial charge in [0.1, 0.15) is 6.61 Å². The summed E-state index contributed by atoms with van der Waals surface area (Å²) in [7, 11) is 0. The lowest BCUT2D eigenvalue weighted by Crippen LogP contribution is -2.30. The van der Waals surface area contributed by atoms with Crippen molar-refractivity contribution in [2.75, 3.05) is 19.8 Å². The van der Waals surface area contributed by atoms with E-state index in [0.29, 0.717) is 19.4 Å². The van der Waals surface area contributed by atoms with Crippen LogP contribution < -0.4 is 0 Å². The monoisotopic (exact) mass is 1030 g/mol. The molecule has 0 saturated carbocycles. The molecule has 0 amide bonds. The number of allylic oxidation sites excluding steroid dienone is 18. The van der Waals surface area contributed by atoms with Gasteiger partial charge >= 0.3 is 11.9 Å². The van der Waals surface area contributed by atoms with E-state index in [1.807, 2.05) is 0 Å². The maximum absolute atomic E-state index is 12.9. The summed E-state index contributed by atoms with van der Waals surface area (Å²) in [5, 5.41) is 0. The topological polar surface area (TPSA) is 61.8 Å². The largest absolute Gasteiger partial charge is 0.462 e. The second-order valence-corrected chi connectivity index (χ2v) is 20.6. The molecule has 0 bridgehead atoms. The highest BCUT2D eigenvalue weighted by Crippen LogP contribution is 2.15. The van der Waals surface area contributed by atoms with E-state index in [1.165, 1.54) is 154 Å². The van der Waals surface area contributed by atoms with Crippen LogP contribution in [0, 0.1) is 0 Å². The first-order chi connectivity index (χ1) is 36.6. The maximum atomic E-state index is 12.9. The van der Waals surface area contributed by atoms with Gasteiger partial charge < -0.3 is 14.2 Å². The van der Waals surface area contributed by atoms with E-state index in [0.717, 1.165) is 103 Å². The Hall–Kier alpha value is -3.44. The summed E-state index contributed by atoms with van der Waals surface area (Å²) in [5.41, 5.74) is 0. The van der Waals surface area contributed by atoms with Gasteiger partial charge in [-0.15, -0.1) is 0 Å². The highest BCUT2D eigenvalue weighted by Gasteiger charge is 2.17. The van der Waals surface area contributed by atoms with Crippen LogP contribution in [-0.4, -0.2) is 37.9 Å². The predicted octanol–water partition coefficient (Wildman–Crippen LogP) is 21.9. The maximum Gasteiger partial charge on any atom is 0.306 e. The zero-order chi connectivity index (χ0) is 53.4. The van der Waals surface area contributed by atoms with E-state index in [2.05, 4.69) is 130 Å². The Balaban J connectivity index is 4.36. The predicted molar refractivity (Wildman–Crippen MR) is 325 cm³/mol. The molecule has 424 valence electrons. The van der Waals surface area contributed by atoms with E-state index in [9.17, 15) is 9.59 Å². The molecule has 0 spiro atoms. The van der Waals surface area contributed by atoms with Crippen LogP contribution in [0.2, 0.25) is 0 Å². The zero-order valence-electron chi connectivity index (χ0n) is 48.8. The number of hydrogen-bond donors (Lipinski definition) is 0. The summed E-state index contributed by atoms with van der Waals surface area (Å²) in [6.07, 6.45) is 88.3. The summed E-state index contributed by atoms with van der Waals surface area (Å²) < 4.78 is 17.5. The molecular weight excluding hydrogens is 909 g/mol. The number of esters is 2. The molecule has 0 heterocycles. The number of hydrogen-bond acceptors (Lipinski definition) is 5. The summed E-state index contributed by atoms with van der Waals surface area (Å²) >= 11 is 0. The first kappa shape index (κ1) is 70.6. The molecule has 0 aliphatic rings. The number of carbonyl (C=O) groups is 2. The van der Waals surface area contributed by atoms with Crippen LogP contribution in [0.4, 0.5) is 0 Å². The summed E-state index contributed by atoms with van der Waals surface area (Å²) in [6.45, 7) is 7.62. The lowest BCUT2D eigenvalue weighted by Gasteiger charge is -2.18. The average molecular weight is 1030 g/mol. The van der Waals surface area contributed by atoms with Gasteiger partial charge in [0, 0.05) is 19.4 Å². The highest BCUT2D eigenvalue weighted by molar-refractivity contribution is 5.70. The SMILES string of the molecule is CC/C=C\C/C=C\C/C=C\C/C=C\C/C=C\CCCCCCOCC(COC(=O)CCCCCCCCCCC/C=C\C/C=C\CCCCC)OC(=O)CCCCCCCCCCC/C=C\C/C=C\CCCCC. The Labute approximate surface area is 459 Å². The molecule has 5 nitrogen and oxygen atoms in total. The van der Waals surface area contributed by atoms with E-state index >= 15 is 0 Å². The van der Waals surface area contributed by atoms with Crippen LogP contribution in [0.15, 0.2) is 109 Å². The average Bonchev–Trinajstić information content (AvgIpc) is 3.40. The third-order valence-electron chi connectivity index (χ3n) is 13.3. The van der Waals surface area contributed by atoms with Crippen LogP contribution in [0.5, 0.6) is 0 Å². The Kier molecular flexibility index (Phi) is 60.9.